The number of nitrogens with one attached hydrogen (secondary N) is 1. The van der Waals surface area contributed by atoms with Crippen LogP contribution < -0.4 is 5.32 Å². The van der Waals surface area contributed by atoms with Gasteiger partial charge in [0, 0.05) is 42.7 Å². The van der Waals surface area contributed by atoms with Crippen LogP contribution in [0.5, 0.6) is 0 Å². The van der Waals surface area contributed by atoms with Gasteiger partial charge in [0.2, 0.25) is 0 Å². The van der Waals surface area contributed by atoms with Crippen molar-refractivity contribution in [2.24, 2.45) is 7.05 Å². The van der Waals surface area contributed by atoms with Crippen molar-refractivity contribution in [3.05, 3.63) is 65.7 Å². The molecule has 0 aromatic carbocycles. The van der Waals surface area contributed by atoms with Crippen LogP contribution in [0.25, 0.3) is 0 Å². The average molecular weight is 362 g/mol. The number of aryl methyl sites for hydroxylation is 2. The van der Waals surface area contributed by atoms with Crippen LogP contribution in [0.1, 0.15) is 35.7 Å². The molecule has 4 rings (SSSR count). The van der Waals surface area contributed by atoms with Crippen LogP contribution in [0.2, 0.25) is 0 Å². The van der Waals surface area contributed by atoms with E-state index >= 15 is 0 Å². The Balaban J connectivity index is 1.37. The number of rotatable bonds is 5. The number of aromatic nitrogens is 4. The molecule has 3 aromatic rings. The first-order valence-electron chi connectivity index (χ1n) is 9.53. The van der Waals surface area contributed by atoms with Crippen LogP contribution in [0.3, 0.4) is 0 Å². The molecule has 0 bridgehead atoms. The molecule has 0 radical (unpaired) electrons. The summed E-state index contributed by atoms with van der Waals surface area (Å²) >= 11 is 0. The van der Waals surface area contributed by atoms with E-state index in [1.54, 1.807) is 0 Å². The van der Waals surface area contributed by atoms with Crippen LogP contribution >= 0.6 is 0 Å². The Labute approximate surface area is 160 Å². The minimum absolute atomic E-state index is 0.516. The predicted octanol–water partition coefficient (Wildman–Crippen LogP) is 3.64. The SMILES string of the molecule is Cc1cccc(Nc2cccc(C3CCN(Cc4cnn(C)c4)CC3)n2)n1. The largest absolute Gasteiger partial charge is 0.325 e. The zero-order valence-electron chi connectivity index (χ0n) is 16.0. The summed E-state index contributed by atoms with van der Waals surface area (Å²) in [5.41, 5.74) is 3.46. The highest BCUT2D eigenvalue weighted by Crippen LogP contribution is 2.28. The number of piperidine rings is 1. The maximum atomic E-state index is 4.85. The third kappa shape index (κ3) is 4.52. The molecule has 4 heterocycles. The lowest BCUT2D eigenvalue weighted by Crippen LogP contribution is -2.32. The lowest BCUT2D eigenvalue weighted by atomic mass is 9.93. The molecule has 1 aliphatic rings. The monoisotopic (exact) mass is 362 g/mol. The summed E-state index contributed by atoms with van der Waals surface area (Å²) in [6, 6.07) is 12.2. The lowest BCUT2D eigenvalue weighted by Gasteiger charge is -2.31. The molecule has 0 amide bonds. The van der Waals surface area contributed by atoms with E-state index in [1.807, 2.05) is 49.1 Å². The fourth-order valence-corrected chi connectivity index (χ4v) is 3.69. The summed E-state index contributed by atoms with van der Waals surface area (Å²) in [6.45, 7) is 5.17. The summed E-state index contributed by atoms with van der Waals surface area (Å²) in [5, 5.41) is 7.59. The van der Waals surface area contributed by atoms with Crippen molar-refractivity contribution in [1.82, 2.24) is 24.6 Å². The van der Waals surface area contributed by atoms with E-state index < -0.39 is 0 Å². The van der Waals surface area contributed by atoms with E-state index in [0.29, 0.717) is 5.92 Å². The summed E-state index contributed by atoms with van der Waals surface area (Å²) in [5.74, 6) is 2.22. The van der Waals surface area contributed by atoms with Gasteiger partial charge < -0.3 is 5.32 Å². The van der Waals surface area contributed by atoms with Gasteiger partial charge in [0.15, 0.2) is 0 Å². The van der Waals surface area contributed by atoms with Crippen molar-refractivity contribution < 1.29 is 0 Å². The highest BCUT2D eigenvalue weighted by atomic mass is 15.2. The Bertz CT molecular complexity index is 895. The highest BCUT2D eigenvalue weighted by Gasteiger charge is 2.22. The van der Waals surface area contributed by atoms with Crippen molar-refractivity contribution in [1.29, 1.82) is 0 Å². The smallest absolute Gasteiger partial charge is 0.131 e. The zero-order valence-corrected chi connectivity index (χ0v) is 16.0. The Morgan fingerprint density at radius 1 is 1.04 bits per heavy atom. The van der Waals surface area contributed by atoms with E-state index in [-0.39, 0.29) is 0 Å². The Morgan fingerprint density at radius 3 is 2.48 bits per heavy atom. The van der Waals surface area contributed by atoms with Crippen LogP contribution in [0.15, 0.2) is 48.8 Å². The molecule has 0 saturated carbocycles. The molecular formula is C21H26N6. The quantitative estimate of drug-likeness (QED) is 0.751. The molecule has 1 saturated heterocycles. The van der Waals surface area contributed by atoms with E-state index in [0.717, 1.165) is 49.8 Å². The molecular weight excluding hydrogens is 336 g/mol. The molecule has 0 unspecified atom stereocenters. The fourth-order valence-electron chi connectivity index (χ4n) is 3.69. The van der Waals surface area contributed by atoms with Gasteiger partial charge in [0.1, 0.15) is 11.6 Å². The Kier molecular flexibility index (Phi) is 5.16. The van der Waals surface area contributed by atoms with E-state index in [1.165, 1.54) is 11.3 Å². The molecule has 0 atom stereocenters. The molecule has 0 spiro atoms. The maximum Gasteiger partial charge on any atom is 0.131 e. The molecule has 27 heavy (non-hydrogen) atoms. The van der Waals surface area contributed by atoms with Crippen LogP contribution in [0.4, 0.5) is 11.6 Å². The number of hydrogen-bond donors (Lipinski definition) is 1. The van der Waals surface area contributed by atoms with Crippen molar-refractivity contribution in [3.8, 4) is 0 Å². The van der Waals surface area contributed by atoms with Crippen LogP contribution in [-0.2, 0) is 13.6 Å². The van der Waals surface area contributed by atoms with Gasteiger partial charge in [-0.15, -0.1) is 0 Å². The number of nitrogens with zero attached hydrogens (tertiary/aromatic N) is 5. The normalized spacial score (nSPS) is 15.8. The van der Waals surface area contributed by atoms with Gasteiger partial charge in [-0.05, 0) is 57.1 Å². The van der Waals surface area contributed by atoms with Gasteiger partial charge in [-0.2, -0.15) is 5.10 Å². The maximum absolute atomic E-state index is 4.85. The van der Waals surface area contributed by atoms with Crippen LogP contribution in [0, 0.1) is 6.92 Å². The van der Waals surface area contributed by atoms with Crippen molar-refractivity contribution in [2.45, 2.75) is 32.2 Å². The summed E-state index contributed by atoms with van der Waals surface area (Å²) < 4.78 is 1.87. The predicted molar refractivity (Wildman–Crippen MR) is 107 cm³/mol. The van der Waals surface area contributed by atoms with Crippen molar-refractivity contribution in [2.75, 3.05) is 18.4 Å². The van der Waals surface area contributed by atoms with Gasteiger partial charge in [0.05, 0.1) is 6.20 Å². The van der Waals surface area contributed by atoms with E-state index in [2.05, 4.69) is 38.6 Å². The fraction of sp³-hybridized carbons (Fsp3) is 0.381. The van der Waals surface area contributed by atoms with Crippen molar-refractivity contribution >= 4 is 11.6 Å². The second-order valence-corrected chi connectivity index (χ2v) is 7.31. The molecule has 140 valence electrons. The first-order valence-corrected chi connectivity index (χ1v) is 9.53. The second-order valence-electron chi connectivity index (χ2n) is 7.31. The van der Waals surface area contributed by atoms with Gasteiger partial charge in [-0.1, -0.05) is 12.1 Å². The van der Waals surface area contributed by atoms with E-state index in [9.17, 15) is 0 Å². The molecule has 1 fully saturated rings. The molecule has 3 aromatic heterocycles. The number of pyridine rings is 2. The number of anilines is 2. The zero-order chi connectivity index (χ0) is 18.6. The topological polar surface area (TPSA) is 58.9 Å². The Hall–Kier alpha value is -2.73. The molecule has 1 aliphatic heterocycles. The van der Waals surface area contributed by atoms with Crippen molar-refractivity contribution in [3.63, 3.8) is 0 Å². The van der Waals surface area contributed by atoms with Gasteiger partial charge in [0.25, 0.3) is 0 Å². The van der Waals surface area contributed by atoms with E-state index in [4.69, 9.17) is 4.98 Å². The minimum Gasteiger partial charge on any atom is -0.325 e. The summed E-state index contributed by atoms with van der Waals surface area (Å²) in [4.78, 5) is 11.9. The third-order valence-electron chi connectivity index (χ3n) is 5.09. The van der Waals surface area contributed by atoms with Crippen LogP contribution in [-0.4, -0.2) is 37.7 Å². The Morgan fingerprint density at radius 2 is 1.78 bits per heavy atom. The lowest BCUT2D eigenvalue weighted by molar-refractivity contribution is 0.203. The standard InChI is InChI=1S/C21H26N6/c1-16-5-3-7-20(23-16)25-21-8-4-6-19(24-21)18-9-11-27(12-10-18)15-17-13-22-26(2)14-17/h3-8,13-14,18H,9-12,15H2,1-2H3,(H,23,24,25). The van der Waals surface area contributed by atoms with Gasteiger partial charge in [-0.3, -0.25) is 9.58 Å². The highest BCUT2D eigenvalue weighted by molar-refractivity contribution is 5.51. The number of likely N-dealkylation sites (tertiary alicyclic amines) is 1. The third-order valence-corrected chi connectivity index (χ3v) is 5.09. The second kappa shape index (κ2) is 7.88. The minimum atomic E-state index is 0.516. The first kappa shape index (κ1) is 17.7. The summed E-state index contributed by atoms with van der Waals surface area (Å²) in [7, 11) is 1.97. The molecule has 0 aliphatic carbocycles. The summed E-state index contributed by atoms with van der Waals surface area (Å²) in [6.07, 6.45) is 6.34. The number of hydrogen-bond acceptors (Lipinski definition) is 5. The molecule has 1 N–H and O–H groups in total. The first-order chi connectivity index (χ1) is 13.2. The van der Waals surface area contributed by atoms with Gasteiger partial charge in [-0.25, -0.2) is 9.97 Å². The average Bonchev–Trinajstić information content (AvgIpc) is 3.07. The molecule has 6 nitrogen and oxygen atoms in total. The molecule has 6 heteroatoms. The van der Waals surface area contributed by atoms with Gasteiger partial charge >= 0.3 is 0 Å².